The molecule has 0 aliphatic carbocycles. The third-order valence-corrected chi connectivity index (χ3v) is 4.38. The number of hydrogen-bond acceptors (Lipinski definition) is 2. The molecule has 0 aromatic heterocycles. The molecule has 1 N–H and O–H groups in total. The fourth-order valence-electron chi connectivity index (χ4n) is 3.09. The number of likely N-dealkylation sites (tertiary alicyclic amines) is 1. The lowest BCUT2D eigenvalue weighted by molar-refractivity contribution is 0.0666. The molecule has 0 saturated carbocycles. The molecular formula is C16H21N3O2. The van der Waals surface area contributed by atoms with Gasteiger partial charge < -0.3 is 15.1 Å². The molecule has 2 aliphatic heterocycles. The summed E-state index contributed by atoms with van der Waals surface area (Å²) in [6.45, 7) is 4.99. The van der Waals surface area contributed by atoms with Gasteiger partial charge in [0, 0.05) is 37.8 Å². The van der Waals surface area contributed by atoms with Crippen LogP contribution in [0.25, 0.3) is 0 Å². The van der Waals surface area contributed by atoms with Gasteiger partial charge in [-0.25, -0.2) is 4.79 Å². The molecule has 5 nitrogen and oxygen atoms in total. The van der Waals surface area contributed by atoms with Crippen molar-refractivity contribution in [1.82, 2.24) is 15.1 Å². The highest BCUT2D eigenvalue weighted by molar-refractivity contribution is 5.94. The van der Waals surface area contributed by atoms with Crippen LogP contribution in [0, 0.1) is 6.92 Å². The monoisotopic (exact) mass is 287 g/mol. The summed E-state index contributed by atoms with van der Waals surface area (Å²) in [7, 11) is 0. The van der Waals surface area contributed by atoms with Crippen molar-refractivity contribution >= 4 is 11.9 Å². The van der Waals surface area contributed by atoms with E-state index in [1.165, 1.54) is 0 Å². The van der Waals surface area contributed by atoms with E-state index < -0.39 is 0 Å². The number of rotatable bonds is 2. The maximum Gasteiger partial charge on any atom is 0.317 e. The molecule has 0 bridgehead atoms. The first-order valence-electron chi connectivity index (χ1n) is 7.55. The molecule has 21 heavy (non-hydrogen) atoms. The topological polar surface area (TPSA) is 52.7 Å². The molecule has 3 amide bonds. The Labute approximate surface area is 124 Å². The predicted octanol–water partition coefficient (Wildman–Crippen LogP) is 1.62. The minimum absolute atomic E-state index is 0.0401. The van der Waals surface area contributed by atoms with Crippen molar-refractivity contribution in [3.63, 3.8) is 0 Å². The Hall–Kier alpha value is -2.04. The first-order valence-corrected chi connectivity index (χ1v) is 7.55. The second kappa shape index (κ2) is 5.76. The van der Waals surface area contributed by atoms with Gasteiger partial charge in [-0.05, 0) is 31.9 Å². The van der Waals surface area contributed by atoms with Crippen molar-refractivity contribution in [1.29, 1.82) is 0 Å². The van der Waals surface area contributed by atoms with Gasteiger partial charge in [-0.2, -0.15) is 0 Å². The first kappa shape index (κ1) is 13.9. The molecule has 2 aliphatic rings. The Morgan fingerprint density at radius 2 is 1.81 bits per heavy atom. The third kappa shape index (κ3) is 2.86. The molecule has 5 heteroatoms. The molecule has 112 valence electrons. The summed E-state index contributed by atoms with van der Waals surface area (Å²) in [5.41, 5.74) is 1.91. The van der Waals surface area contributed by atoms with Crippen molar-refractivity contribution in [3.8, 4) is 0 Å². The van der Waals surface area contributed by atoms with Crippen LogP contribution in [-0.4, -0.2) is 54.0 Å². The van der Waals surface area contributed by atoms with Crippen LogP contribution in [0.3, 0.4) is 0 Å². The molecule has 1 aromatic rings. The normalized spacial score (nSPS) is 19.8. The third-order valence-electron chi connectivity index (χ3n) is 4.38. The zero-order chi connectivity index (χ0) is 14.8. The molecule has 1 aromatic carbocycles. The Balaban J connectivity index is 1.59. The van der Waals surface area contributed by atoms with Gasteiger partial charge in [-0.1, -0.05) is 17.7 Å². The highest BCUT2D eigenvalue weighted by Gasteiger charge is 2.31. The summed E-state index contributed by atoms with van der Waals surface area (Å²) in [6, 6.07) is 8.02. The van der Waals surface area contributed by atoms with Gasteiger partial charge in [0.25, 0.3) is 5.91 Å². The van der Waals surface area contributed by atoms with Gasteiger partial charge in [0.15, 0.2) is 0 Å². The Morgan fingerprint density at radius 3 is 2.38 bits per heavy atom. The fourth-order valence-corrected chi connectivity index (χ4v) is 3.09. The standard InChI is InChI=1S/C16H21N3O2/c1-12-2-4-13(5-3-12)15(20)18-9-6-14(7-10-18)19-11-8-17-16(19)21/h2-5,14H,6-11H2,1H3,(H,17,21). The van der Waals surface area contributed by atoms with Gasteiger partial charge >= 0.3 is 6.03 Å². The lowest BCUT2D eigenvalue weighted by Crippen LogP contribution is -2.47. The van der Waals surface area contributed by atoms with Crippen LogP contribution < -0.4 is 5.32 Å². The van der Waals surface area contributed by atoms with Crippen LogP contribution in [0.15, 0.2) is 24.3 Å². The van der Waals surface area contributed by atoms with E-state index in [9.17, 15) is 9.59 Å². The van der Waals surface area contributed by atoms with Crippen LogP contribution in [0.4, 0.5) is 4.79 Å². The predicted molar refractivity (Wildman–Crippen MR) is 80.2 cm³/mol. The summed E-state index contributed by atoms with van der Waals surface area (Å²) in [6.07, 6.45) is 1.73. The van der Waals surface area contributed by atoms with Gasteiger partial charge in [-0.15, -0.1) is 0 Å². The van der Waals surface area contributed by atoms with E-state index in [-0.39, 0.29) is 18.0 Å². The zero-order valence-corrected chi connectivity index (χ0v) is 12.3. The zero-order valence-electron chi connectivity index (χ0n) is 12.3. The lowest BCUT2D eigenvalue weighted by Gasteiger charge is -2.36. The van der Waals surface area contributed by atoms with Gasteiger partial charge in [0.05, 0.1) is 0 Å². The number of benzene rings is 1. The fraction of sp³-hybridized carbons (Fsp3) is 0.500. The number of amides is 3. The maximum absolute atomic E-state index is 12.4. The number of carbonyl (C=O) groups is 2. The van der Waals surface area contributed by atoms with Crippen molar-refractivity contribution < 1.29 is 9.59 Å². The molecule has 0 spiro atoms. The number of hydrogen-bond donors (Lipinski definition) is 1. The van der Waals surface area contributed by atoms with E-state index in [1.54, 1.807) is 0 Å². The Morgan fingerprint density at radius 1 is 1.14 bits per heavy atom. The highest BCUT2D eigenvalue weighted by atomic mass is 16.2. The molecule has 2 fully saturated rings. The highest BCUT2D eigenvalue weighted by Crippen LogP contribution is 2.20. The van der Waals surface area contributed by atoms with Crippen LogP contribution in [-0.2, 0) is 0 Å². The lowest BCUT2D eigenvalue weighted by atomic mass is 10.0. The average Bonchev–Trinajstić information content (AvgIpc) is 2.94. The van der Waals surface area contributed by atoms with Gasteiger partial charge in [-0.3, -0.25) is 4.79 Å². The van der Waals surface area contributed by atoms with Crippen LogP contribution >= 0.6 is 0 Å². The van der Waals surface area contributed by atoms with E-state index >= 15 is 0 Å². The summed E-state index contributed by atoms with van der Waals surface area (Å²) in [5, 5.41) is 2.84. The maximum atomic E-state index is 12.4. The number of aryl methyl sites for hydroxylation is 1. The van der Waals surface area contributed by atoms with Crippen molar-refractivity contribution in [3.05, 3.63) is 35.4 Å². The Kier molecular flexibility index (Phi) is 3.82. The van der Waals surface area contributed by atoms with Gasteiger partial charge in [0.2, 0.25) is 0 Å². The molecule has 3 rings (SSSR count). The van der Waals surface area contributed by atoms with Crippen molar-refractivity contribution in [2.45, 2.75) is 25.8 Å². The molecule has 0 unspecified atom stereocenters. The van der Waals surface area contributed by atoms with E-state index in [0.717, 1.165) is 50.1 Å². The summed E-state index contributed by atoms with van der Waals surface area (Å²) >= 11 is 0. The largest absolute Gasteiger partial charge is 0.338 e. The average molecular weight is 287 g/mol. The summed E-state index contributed by atoms with van der Waals surface area (Å²) in [5.74, 6) is 0.0966. The van der Waals surface area contributed by atoms with Crippen LogP contribution in [0.5, 0.6) is 0 Å². The molecule has 2 saturated heterocycles. The Bertz CT molecular complexity index is 533. The van der Waals surface area contributed by atoms with E-state index in [1.807, 2.05) is 41.0 Å². The summed E-state index contributed by atoms with van der Waals surface area (Å²) in [4.78, 5) is 27.9. The number of carbonyl (C=O) groups excluding carboxylic acids is 2. The number of piperidine rings is 1. The SMILES string of the molecule is Cc1ccc(C(=O)N2CCC(N3CCNC3=O)CC2)cc1. The minimum atomic E-state index is 0.0401. The second-order valence-electron chi connectivity index (χ2n) is 5.81. The number of nitrogens with one attached hydrogen (secondary N) is 1. The van der Waals surface area contributed by atoms with Gasteiger partial charge in [0.1, 0.15) is 0 Å². The number of nitrogens with zero attached hydrogens (tertiary/aromatic N) is 2. The van der Waals surface area contributed by atoms with Crippen molar-refractivity contribution in [2.75, 3.05) is 26.2 Å². The number of urea groups is 1. The van der Waals surface area contributed by atoms with E-state index in [0.29, 0.717) is 0 Å². The van der Waals surface area contributed by atoms with Crippen LogP contribution in [0.2, 0.25) is 0 Å². The molecular weight excluding hydrogens is 266 g/mol. The smallest absolute Gasteiger partial charge is 0.317 e. The van der Waals surface area contributed by atoms with E-state index in [2.05, 4.69) is 5.32 Å². The summed E-state index contributed by atoms with van der Waals surface area (Å²) < 4.78 is 0. The van der Waals surface area contributed by atoms with Crippen LogP contribution in [0.1, 0.15) is 28.8 Å². The molecule has 0 atom stereocenters. The van der Waals surface area contributed by atoms with E-state index in [4.69, 9.17) is 0 Å². The molecule has 2 heterocycles. The van der Waals surface area contributed by atoms with Crippen molar-refractivity contribution in [2.24, 2.45) is 0 Å². The second-order valence-corrected chi connectivity index (χ2v) is 5.81. The quantitative estimate of drug-likeness (QED) is 0.898. The molecule has 0 radical (unpaired) electrons. The first-order chi connectivity index (χ1) is 10.1. The minimum Gasteiger partial charge on any atom is -0.338 e.